The molecule has 0 radical (unpaired) electrons. The summed E-state index contributed by atoms with van der Waals surface area (Å²) in [5.74, 6) is 0.565. The van der Waals surface area contributed by atoms with E-state index < -0.39 is 0 Å². The minimum absolute atomic E-state index is 0.0840. The van der Waals surface area contributed by atoms with Gasteiger partial charge in [0.05, 0.1) is 6.54 Å². The third kappa shape index (κ3) is 2.26. The number of H-pyrrole nitrogens is 1. The maximum Gasteiger partial charge on any atom is 0.267 e. The largest absolute Gasteiger partial charge is 0.299 e. The Balaban J connectivity index is 1.82. The Morgan fingerprint density at radius 1 is 1.17 bits per heavy atom. The minimum Gasteiger partial charge on any atom is -0.299 e. The molecule has 1 aliphatic carbocycles. The van der Waals surface area contributed by atoms with Crippen LogP contribution < -0.4 is 5.56 Å². The van der Waals surface area contributed by atoms with Crippen LogP contribution >= 0.6 is 0 Å². The van der Waals surface area contributed by atoms with E-state index in [0.717, 1.165) is 11.3 Å². The van der Waals surface area contributed by atoms with E-state index in [1.54, 1.807) is 10.7 Å². The Morgan fingerprint density at radius 3 is 2.61 bits per heavy atom. The number of aromatic amines is 1. The van der Waals surface area contributed by atoms with Crippen LogP contribution in [0.3, 0.4) is 0 Å². The van der Waals surface area contributed by atoms with Crippen molar-refractivity contribution in [2.75, 3.05) is 0 Å². The van der Waals surface area contributed by atoms with Crippen molar-refractivity contribution in [2.45, 2.75) is 38.1 Å². The lowest BCUT2D eigenvalue weighted by atomic mass is 10.1. The molecule has 0 aliphatic heterocycles. The molecule has 0 unspecified atom stereocenters. The lowest BCUT2D eigenvalue weighted by Crippen LogP contribution is -2.16. The fourth-order valence-corrected chi connectivity index (χ4v) is 2.78. The smallest absolute Gasteiger partial charge is 0.267 e. The van der Waals surface area contributed by atoms with Crippen molar-refractivity contribution in [1.82, 2.24) is 9.78 Å². The normalized spacial score (nSPS) is 16.2. The fourth-order valence-electron chi connectivity index (χ4n) is 2.78. The number of hydrogen-bond acceptors (Lipinski definition) is 1. The van der Waals surface area contributed by atoms with Crippen molar-refractivity contribution >= 4 is 0 Å². The topological polar surface area (TPSA) is 37.8 Å². The van der Waals surface area contributed by atoms with E-state index in [1.807, 2.05) is 30.3 Å². The van der Waals surface area contributed by atoms with E-state index in [9.17, 15) is 4.79 Å². The second-order valence-corrected chi connectivity index (χ2v) is 5.10. The van der Waals surface area contributed by atoms with Gasteiger partial charge in [0, 0.05) is 17.7 Å². The van der Waals surface area contributed by atoms with Crippen molar-refractivity contribution in [1.29, 1.82) is 0 Å². The second-order valence-electron chi connectivity index (χ2n) is 5.10. The standard InChI is InChI=1S/C15H18N2O/c18-15-10-14(13-8-4-5-9-13)16-17(15)11-12-6-2-1-3-7-12/h1-3,6-7,10,13,16H,4-5,8-9,11H2. The van der Waals surface area contributed by atoms with Crippen LogP contribution in [-0.2, 0) is 6.54 Å². The zero-order valence-corrected chi connectivity index (χ0v) is 10.4. The third-order valence-electron chi connectivity index (χ3n) is 3.79. The summed E-state index contributed by atoms with van der Waals surface area (Å²) >= 11 is 0. The van der Waals surface area contributed by atoms with Gasteiger partial charge in [-0.05, 0) is 18.4 Å². The van der Waals surface area contributed by atoms with Gasteiger partial charge < -0.3 is 0 Å². The first kappa shape index (κ1) is 11.3. The number of aromatic nitrogens is 2. The van der Waals surface area contributed by atoms with Crippen LogP contribution in [0.1, 0.15) is 42.9 Å². The summed E-state index contributed by atoms with van der Waals surface area (Å²) in [7, 11) is 0. The molecule has 0 amide bonds. The average molecular weight is 242 g/mol. The maximum absolute atomic E-state index is 11.9. The number of nitrogens with zero attached hydrogens (tertiary/aromatic N) is 1. The fraction of sp³-hybridized carbons (Fsp3) is 0.400. The average Bonchev–Trinajstić information content (AvgIpc) is 3.01. The first-order valence-electron chi connectivity index (χ1n) is 6.66. The SMILES string of the molecule is O=c1cc(C2CCCC2)[nH]n1Cc1ccccc1. The molecule has 0 spiro atoms. The van der Waals surface area contributed by atoms with Crippen LogP contribution in [0.15, 0.2) is 41.2 Å². The predicted octanol–water partition coefficient (Wildman–Crippen LogP) is 2.88. The molecule has 3 heteroatoms. The van der Waals surface area contributed by atoms with Crippen LogP contribution in [0.5, 0.6) is 0 Å². The summed E-state index contributed by atoms with van der Waals surface area (Å²) in [6.45, 7) is 0.631. The molecule has 3 nitrogen and oxygen atoms in total. The Labute approximate surface area is 106 Å². The molecule has 1 N–H and O–H groups in total. The molecule has 1 aliphatic rings. The monoisotopic (exact) mass is 242 g/mol. The minimum atomic E-state index is 0.0840. The number of nitrogens with one attached hydrogen (secondary N) is 1. The summed E-state index contributed by atoms with van der Waals surface area (Å²) < 4.78 is 1.71. The van der Waals surface area contributed by atoms with E-state index >= 15 is 0 Å². The molecule has 0 bridgehead atoms. The predicted molar refractivity (Wildman–Crippen MR) is 71.8 cm³/mol. The Kier molecular flexibility index (Phi) is 3.05. The summed E-state index contributed by atoms with van der Waals surface area (Å²) in [6.07, 6.45) is 5.00. The molecule has 1 heterocycles. The van der Waals surface area contributed by atoms with Gasteiger partial charge >= 0.3 is 0 Å². The molecule has 0 atom stereocenters. The van der Waals surface area contributed by atoms with Crippen molar-refractivity contribution < 1.29 is 0 Å². The molecular weight excluding hydrogens is 224 g/mol. The highest BCUT2D eigenvalue weighted by molar-refractivity contribution is 5.16. The lowest BCUT2D eigenvalue weighted by molar-refractivity contribution is 0.618. The highest BCUT2D eigenvalue weighted by atomic mass is 16.1. The van der Waals surface area contributed by atoms with Crippen molar-refractivity contribution in [3.8, 4) is 0 Å². The van der Waals surface area contributed by atoms with Gasteiger partial charge in [0.15, 0.2) is 0 Å². The molecular formula is C15H18N2O. The van der Waals surface area contributed by atoms with E-state index in [1.165, 1.54) is 25.7 Å². The Hall–Kier alpha value is -1.77. The van der Waals surface area contributed by atoms with Gasteiger partial charge in [-0.1, -0.05) is 43.2 Å². The van der Waals surface area contributed by atoms with Gasteiger partial charge in [0.1, 0.15) is 0 Å². The van der Waals surface area contributed by atoms with Crippen LogP contribution in [-0.4, -0.2) is 9.78 Å². The summed E-state index contributed by atoms with van der Waals surface area (Å²) in [5.41, 5.74) is 2.36. The van der Waals surface area contributed by atoms with E-state index in [0.29, 0.717) is 12.5 Å². The first-order valence-corrected chi connectivity index (χ1v) is 6.66. The summed E-state index contributed by atoms with van der Waals surface area (Å²) in [6, 6.07) is 11.9. The van der Waals surface area contributed by atoms with Crippen molar-refractivity contribution in [3.05, 3.63) is 58.0 Å². The zero-order chi connectivity index (χ0) is 12.4. The molecule has 1 aromatic heterocycles. The van der Waals surface area contributed by atoms with Gasteiger partial charge in [0.25, 0.3) is 5.56 Å². The molecule has 0 saturated heterocycles. The van der Waals surface area contributed by atoms with Gasteiger partial charge in [-0.15, -0.1) is 0 Å². The van der Waals surface area contributed by atoms with Crippen LogP contribution in [0.25, 0.3) is 0 Å². The van der Waals surface area contributed by atoms with Gasteiger partial charge in [-0.25, -0.2) is 4.68 Å². The summed E-state index contributed by atoms with van der Waals surface area (Å²) in [5, 5.41) is 3.28. The molecule has 18 heavy (non-hydrogen) atoms. The van der Waals surface area contributed by atoms with Crippen molar-refractivity contribution in [3.63, 3.8) is 0 Å². The number of hydrogen-bond donors (Lipinski definition) is 1. The molecule has 1 saturated carbocycles. The van der Waals surface area contributed by atoms with Crippen LogP contribution in [0.2, 0.25) is 0 Å². The van der Waals surface area contributed by atoms with Gasteiger partial charge in [-0.2, -0.15) is 0 Å². The second kappa shape index (κ2) is 4.84. The molecule has 3 rings (SSSR count). The molecule has 1 aromatic carbocycles. The van der Waals surface area contributed by atoms with Crippen molar-refractivity contribution in [2.24, 2.45) is 0 Å². The van der Waals surface area contributed by atoms with E-state index in [2.05, 4.69) is 5.10 Å². The highest BCUT2D eigenvalue weighted by Crippen LogP contribution is 2.32. The maximum atomic E-state index is 11.9. The number of rotatable bonds is 3. The van der Waals surface area contributed by atoms with Crippen LogP contribution in [0.4, 0.5) is 0 Å². The van der Waals surface area contributed by atoms with E-state index in [4.69, 9.17) is 0 Å². The quantitative estimate of drug-likeness (QED) is 0.883. The Morgan fingerprint density at radius 2 is 1.89 bits per heavy atom. The Bertz CT molecular complexity index is 562. The molecule has 1 fully saturated rings. The van der Waals surface area contributed by atoms with Gasteiger partial charge in [0.2, 0.25) is 0 Å². The first-order chi connectivity index (χ1) is 8.83. The third-order valence-corrected chi connectivity index (χ3v) is 3.79. The summed E-state index contributed by atoms with van der Waals surface area (Å²) in [4.78, 5) is 11.9. The highest BCUT2D eigenvalue weighted by Gasteiger charge is 2.19. The zero-order valence-electron chi connectivity index (χ0n) is 10.4. The van der Waals surface area contributed by atoms with E-state index in [-0.39, 0.29) is 5.56 Å². The van der Waals surface area contributed by atoms with Crippen LogP contribution in [0, 0.1) is 0 Å². The lowest BCUT2D eigenvalue weighted by Gasteiger charge is -2.06. The molecule has 94 valence electrons. The van der Waals surface area contributed by atoms with Gasteiger partial charge in [-0.3, -0.25) is 9.89 Å². The molecule has 2 aromatic rings. The number of benzene rings is 1.